The minimum atomic E-state index is -0.692. The average molecular weight is 317 g/mol. The third-order valence-electron chi connectivity index (χ3n) is 3.25. The maximum Gasteiger partial charge on any atom is 0.313 e. The predicted molar refractivity (Wildman–Crippen MR) is 87.9 cm³/mol. The van der Waals surface area contributed by atoms with E-state index in [2.05, 4.69) is 10.6 Å². The molecule has 2 aromatic rings. The van der Waals surface area contributed by atoms with Gasteiger partial charge in [-0.05, 0) is 35.7 Å². The number of amides is 2. The summed E-state index contributed by atoms with van der Waals surface area (Å²) in [6, 6.07) is 16.4. The highest BCUT2D eigenvalue weighted by Crippen LogP contribution is 2.14. The van der Waals surface area contributed by atoms with E-state index in [1.807, 2.05) is 37.3 Å². The van der Waals surface area contributed by atoms with Crippen molar-refractivity contribution < 1.29 is 9.59 Å². The van der Waals surface area contributed by atoms with Crippen molar-refractivity contribution in [2.75, 3.05) is 11.9 Å². The fourth-order valence-corrected chi connectivity index (χ4v) is 2.07. The zero-order chi connectivity index (χ0) is 15.9. The van der Waals surface area contributed by atoms with Crippen LogP contribution in [0.25, 0.3) is 0 Å². The lowest BCUT2D eigenvalue weighted by Gasteiger charge is -2.13. The Kier molecular flexibility index (Phi) is 5.55. The van der Waals surface area contributed by atoms with Gasteiger partial charge in [0.25, 0.3) is 0 Å². The van der Waals surface area contributed by atoms with Crippen molar-refractivity contribution in [2.45, 2.75) is 12.8 Å². The van der Waals surface area contributed by atoms with E-state index in [0.717, 1.165) is 5.56 Å². The molecule has 0 spiro atoms. The van der Waals surface area contributed by atoms with E-state index in [1.54, 1.807) is 24.3 Å². The Morgan fingerprint density at radius 2 is 1.64 bits per heavy atom. The van der Waals surface area contributed by atoms with Crippen LogP contribution in [0.3, 0.4) is 0 Å². The molecule has 0 bridgehead atoms. The molecule has 0 fully saturated rings. The summed E-state index contributed by atoms with van der Waals surface area (Å²) < 4.78 is 0. The second-order valence-electron chi connectivity index (χ2n) is 4.98. The van der Waals surface area contributed by atoms with Gasteiger partial charge < -0.3 is 10.6 Å². The molecule has 0 aliphatic rings. The lowest BCUT2D eigenvalue weighted by molar-refractivity contribution is -0.136. The summed E-state index contributed by atoms with van der Waals surface area (Å²) >= 11 is 5.76. The third kappa shape index (κ3) is 4.60. The van der Waals surface area contributed by atoms with Gasteiger partial charge in [0.2, 0.25) is 0 Å². The topological polar surface area (TPSA) is 58.2 Å². The van der Waals surface area contributed by atoms with Crippen LogP contribution in [0, 0.1) is 0 Å². The standard InChI is InChI=1S/C17H17ClN2O2/c1-12(13-5-3-2-4-6-13)11-19-16(21)17(22)20-15-9-7-14(18)8-10-15/h2-10,12H,11H2,1H3,(H,19,21)(H,20,22)/t12-/m0/s1. The quantitative estimate of drug-likeness (QED) is 0.851. The molecule has 2 N–H and O–H groups in total. The molecular weight excluding hydrogens is 300 g/mol. The molecule has 1 atom stereocenters. The average Bonchev–Trinajstić information content (AvgIpc) is 2.55. The van der Waals surface area contributed by atoms with Crippen molar-refractivity contribution in [2.24, 2.45) is 0 Å². The Labute approximate surface area is 134 Å². The van der Waals surface area contributed by atoms with Crippen LogP contribution >= 0.6 is 11.6 Å². The monoisotopic (exact) mass is 316 g/mol. The van der Waals surface area contributed by atoms with Crippen LogP contribution in [0.15, 0.2) is 54.6 Å². The Hall–Kier alpha value is -2.33. The number of anilines is 1. The second kappa shape index (κ2) is 7.61. The molecular formula is C17H17ClN2O2. The summed E-state index contributed by atoms with van der Waals surface area (Å²) in [6.45, 7) is 2.39. The Balaban J connectivity index is 1.84. The van der Waals surface area contributed by atoms with Gasteiger partial charge in [-0.3, -0.25) is 9.59 Å². The summed E-state index contributed by atoms with van der Waals surface area (Å²) in [5, 5.41) is 5.73. The molecule has 0 saturated carbocycles. The van der Waals surface area contributed by atoms with Crippen LogP contribution in [0.4, 0.5) is 5.69 Å². The van der Waals surface area contributed by atoms with E-state index in [4.69, 9.17) is 11.6 Å². The number of hydrogen-bond donors (Lipinski definition) is 2. The molecule has 2 aromatic carbocycles. The highest BCUT2D eigenvalue weighted by Gasteiger charge is 2.15. The van der Waals surface area contributed by atoms with Gasteiger partial charge in [0.05, 0.1) is 0 Å². The molecule has 22 heavy (non-hydrogen) atoms. The first-order valence-corrected chi connectivity index (χ1v) is 7.34. The summed E-state index contributed by atoms with van der Waals surface area (Å²) in [5.41, 5.74) is 1.64. The van der Waals surface area contributed by atoms with Crippen LogP contribution in [0.5, 0.6) is 0 Å². The molecule has 0 saturated heterocycles. The fourth-order valence-electron chi connectivity index (χ4n) is 1.95. The SMILES string of the molecule is C[C@@H](CNC(=O)C(=O)Nc1ccc(Cl)cc1)c1ccccc1. The van der Waals surface area contributed by atoms with Gasteiger partial charge in [-0.25, -0.2) is 0 Å². The van der Waals surface area contributed by atoms with E-state index < -0.39 is 11.8 Å². The molecule has 2 rings (SSSR count). The summed E-state index contributed by atoms with van der Waals surface area (Å²) in [6.07, 6.45) is 0. The van der Waals surface area contributed by atoms with Crippen LogP contribution in [0.2, 0.25) is 5.02 Å². The van der Waals surface area contributed by atoms with Gasteiger partial charge >= 0.3 is 11.8 Å². The first-order valence-electron chi connectivity index (χ1n) is 6.96. The van der Waals surface area contributed by atoms with Crippen LogP contribution in [-0.2, 0) is 9.59 Å². The molecule has 0 unspecified atom stereocenters. The lowest BCUT2D eigenvalue weighted by Crippen LogP contribution is -2.37. The molecule has 4 nitrogen and oxygen atoms in total. The maximum absolute atomic E-state index is 11.8. The number of benzene rings is 2. The first-order chi connectivity index (χ1) is 10.6. The van der Waals surface area contributed by atoms with Gasteiger partial charge in [0.15, 0.2) is 0 Å². The van der Waals surface area contributed by atoms with E-state index in [9.17, 15) is 9.59 Å². The van der Waals surface area contributed by atoms with Crippen molar-refractivity contribution in [3.05, 3.63) is 65.2 Å². The minimum absolute atomic E-state index is 0.133. The largest absolute Gasteiger partial charge is 0.347 e. The number of halogens is 1. The molecule has 0 aliphatic heterocycles. The van der Waals surface area contributed by atoms with E-state index in [0.29, 0.717) is 17.3 Å². The van der Waals surface area contributed by atoms with Crippen LogP contribution < -0.4 is 10.6 Å². The maximum atomic E-state index is 11.8. The number of hydrogen-bond acceptors (Lipinski definition) is 2. The van der Waals surface area contributed by atoms with E-state index in [1.165, 1.54) is 0 Å². The third-order valence-corrected chi connectivity index (χ3v) is 3.50. The Morgan fingerprint density at radius 3 is 2.27 bits per heavy atom. The van der Waals surface area contributed by atoms with Gasteiger partial charge in [-0.2, -0.15) is 0 Å². The summed E-state index contributed by atoms with van der Waals surface area (Å²) in [7, 11) is 0. The second-order valence-corrected chi connectivity index (χ2v) is 5.42. The molecule has 0 aromatic heterocycles. The highest BCUT2D eigenvalue weighted by atomic mass is 35.5. The van der Waals surface area contributed by atoms with E-state index in [-0.39, 0.29) is 5.92 Å². The Morgan fingerprint density at radius 1 is 1.00 bits per heavy atom. The normalized spacial score (nSPS) is 11.5. The van der Waals surface area contributed by atoms with Gasteiger partial charge in [0, 0.05) is 17.3 Å². The highest BCUT2D eigenvalue weighted by molar-refractivity contribution is 6.39. The van der Waals surface area contributed by atoms with Crippen molar-refractivity contribution in [3.8, 4) is 0 Å². The number of rotatable bonds is 4. The lowest BCUT2D eigenvalue weighted by atomic mass is 10.0. The summed E-state index contributed by atoms with van der Waals surface area (Å²) in [4.78, 5) is 23.6. The number of carbonyl (C=O) groups excluding carboxylic acids is 2. The number of carbonyl (C=O) groups is 2. The molecule has 5 heteroatoms. The van der Waals surface area contributed by atoms with Crippen molar-refractivity contribution in [1.29, 1.82) is 0 Å². The van der Waals surface area contributed by atoms with E-state index >= 15 is 0 Å². The van der Waals surface area contributed by atoms with Gasteiger partial charge in [-0.15, -0.1) is 0 Å². The Bertz CT molecular complexity index is 641. The van der Waals surface area contributed by atoms with Crippen molar-refractivity contribution in [1.82, 2.24) is 5.32 Å². The molecule has 2 amide bonds. The molecule has 114 valence electrons. The molecule has 0 radical (unpaired) electrons. The minimum Gasteiger partial charge on any atom is -0.347 e. The zero-order valence-electron chi connectivity index (χ0n) is 12.2. The van der Waals surface area contributed by atoms with Gasteiger partial charge in [-0.1, -0.05) is 48.9 Å². The van der Waals surface area contributed by atoms with Crippen molar-refractivity contribution in [3.63, 3.8) is 0 Å². The number of nitrogens with one attached hydrogen (secondary N) is 2. The van der Waals surface area contributed by atoms with Crippen molar-refractivity contribution >= 4 is 29.1 Å². The predicted octanol–water partition coefficient (Wildman–Crippen LogP) is 3.20. The first kappa shape index (κ1) is 16.0. The molecule has 0 aliphatic carbocycles. The van der Waals surface area contributed by atoms with Crippen LogP contribution in [-0.4, -0.2) is 18.4 Å². The smallest absolute Gasteiger partial charge is 0.313 e. The fraction of sp³-hybridized carbons (Fsp3) is 0.176. The van der Waals surface area contributed by atoms with Gasteiger partial charge in [0.1, 0.15) is 0 Å². The summed E-state index contributed by atoms with van der Waals surface area (Å²) in [5.74, 6) is -1.21. The molecule has 0 heterocycles. The van der Waals surface area contributed by atoms with Crippen LogP contribution in [0.1, 0.15) is 18.4 Å². The zero-order valence-corrected chi connectivity index (χ0v) is 12.9.